The third-order valence-electron chi connectivity index (χ3n) is 2.45. The Morgan fingerprint density at radius 2 is 1.82 bits per heavy atom. The summed E-state index contributed by atoms with van der Waals surface area (Å²) in [4.78, 5) is 0. The Balaban J connectivity index is 2.16. The Hall–Kier alpha value is -1.43. The first-order valence-electron chi connectivity index (χ1n) is 5.17. The normalized spacial score (nSPS) is 16.7. The summed E-state index contributed by atoms with van der Waals surface area (Å²) in [5.41, 5.74) is 5.89. The Bertz CT molecular complexity index is 406. The van der Waals surface area contributed by atoms with Crippen LogP contribution in [0.15, 0.2) is 18.2 Å². The number of hydrogen-bond acceptors (Lipinski definition) is 3. The van der Waals surface area contributed by atoms with Crippen LogP contribution in [0, 0.1) is 0 Å². The summed E-state index contributed by atoms with van der Waals surface area (Å²) in [6.45, 7) is 0.839. The molecule has 0 saturated heterocycles. The lowest BCUT2D eigenvalue weighted by atomic mass is 10.0. The molecule has 0 amide bonds. The number of ether oxygens (including phenoxy) is 2. The highest BCUT2D eigenvalue weighted by Crippen LogP contribution is 2.34. The molecule has 1 aliphatic rings. The van der Waals surface area contributed by atoms with Crippen LogP contribution in [0.4, 0.5) is 13.2 Å². The summed E-state index contributed by atoms with van der Waals surface area (Å²) in [6, 6.07) is 3.54. The molecular formula is C11H12F3NO2. The molecule has 2 rings (SSSR count). The first-order valence-corrected chi connectivity index (χ1v) is 5.17. The minimum atomic E-state index is -4.27. The van der Waals surface area contributed by atoms with Crippen LogP contribution in [-0.2, 0) is 0 Å². The Labute approximate surface area is 96.3 Å². The van der Waals surface area contributed by atoms with Gasteiger partial charge in [-0.15, -0.1) is 0 Å². The molecule has 0 saturated carbocycles. The van der Waals surface area contributed by atoms with Crippen molar-refractivity contribution in [3.63, 3.8) is 0 Å². The summed E-state index contributed by atoms with van der Waals surface area (Å²) in [5.74, 6) is 0.991. The molecule has 1 aromatic rings. The van der Waals surface area contributed by atoms with E-state index in [9.17, 15) is 13.2 Å². The second-order valence-corrected chi connectivity index (χ2v) is 3.83. The monoisotopic (exact) mass is 247 g/mol. The van der Waals surface area contributed by atoms with Crippen molar-refractivity contribution in [3.8, 4) is 11.5 Å². The maximum atomic E-state index is 12.2. The number of nitrogens with two attached hydrogens (primary N) is 1. The molecule has 0 aromatic heterocycles. The standard InChI is InChI=1S/C11H12F3NO2/c12-11(13,14)6-8(15)7-1-2-9-10(5-7)17-4-3-16-9/h1-2,5,8H,3-4,6,15H2/t8-/m1/s1. The van der Waals surface area contributed by atoms with Crippen LogP contribution in [-0.4, -0.2) is 19.4 Å². The maximum absolute atomic E-state index is 12.2. The molecule has 17 heavy (non-hydrogen) atoms. The lowest BCUT2D eigenvalue weighted by Gasteiger charge is -2.21. The van der Waals surface area contributed by atoms with Gasteiger partial charge in [-0.25, -0.2) is 0 Å². The van der Waals surface area contributed by atoms with E-state index < -0.39 is 18.6 Å². The highest BCUT2D eigenvalue weighted by molar-refractivity contribution is 5.44. The zero-order chi connectivity index (χ0) is 12.5. The van der Waals surface area contributed by atoms with E-state index in [0.29, 0.717) is 30.3 Å². The number of halogens is 3. The molecule has 6 heteroatoms. The lowest BCUT2D eigenvalue weighted by Crippen LogP contribution is -2.21. The third-order valence-corrected chi connectivity index (χ3v) is 2.45. The van der Waals surface area contributed by atoms with Crippen LogP contribution in [0.3, 0.4) is 0 Å². The van der Waals surface area contributed by atoms with Crippen LogP contribution >= 0.6 is 0 Å². The average molecular weight is 247 g/mol. The van der Waals surface area contributed by atoms with Crippen LogP contribution in [0.5, 0.6) is 11.5 Å². The fraction of sp³-hybridized carbons (Fsp3) is 0.455. The first-order chi connectivity index (χ1) is 7.96. The Morgan fingerprint density at radius 3 is 2.47 bits per heavy atom. The van der Waals surface area contributed by atoms with Gasteiger partial charge in [-0.1, -0.05) is 6.07 Å². The van der Waals surface area contributed by atoms with Crippen molar-refractivity contribution in [1.82, 2.24) is 0 Å². The maximum Gasteiger partial charge on any atom is 0.390 e. The summed E-state index contributed by atoms with van der Waals surface area (Å²) in [6.07, 6.45) is -5.32. The zero-order valence-corrected chi connectivity index (χ0v) is 8.96. The molecule has 0 fully saturated rings. The van der Waals surface area contributed by atoms with Gasteiger partial charge in [0.2, 0.25) is 0 Å². The molecular weight excluding hydrogens is 235 g/mol. The van der Waals surface area contributed by atoms with E-state index in [0.717, 1.165) is 0 Å². The molecule has 3 nitrogen and oxygen atoms in total. The van der Waals surface area contributed by atoms with E-state index in [2.05, 4.69) is 0 Å². The lowest BCUT2D eigenvalue weighted by molar-refractivity contribution is -0.138. The largest absolute Gasteiger partial charge is 0.486 e. The van der Waals surface area contributed by atoms with E-state index in [1.54, 1.807) is 6.07 Å². The van der Waals surface area contributed by atoms with Crippen LogP contribution in [0.25, 0.3) is 0 Å². The van der Waals surface area contributed by atoms with Gasteiger partial charge in [0.05, 0.1) is 6.42 Å². The van der Waals surface area contributed by atoms with Gasteiger partial charge in [-0.05, 0) is 17.7 Å². The van der Waals surface area contributed by atoms with Crippen molar-refractivity contribution in [3.05, 3.63) is 23.8 Å². The van der Waals surface area contributed by atoms with Crippen molar-refractivity contribution in [2.75, 3.05) is 13.2 Å². The molecule has 0 radical (unpaired) electrons. The molecule has 1 heterocycles. The molecule has 1 atom stereocenters. The number of fused-ring (bicyclic) bond motifs is 1. The van der Waals surface area contributed by atoms with Crippen molar-refractivity contribution in [1.29, 1.82) is 0 Å². The van der Waals surface area contributed by atoms with E-state index in [1.165, 1.54) is 12.1 Å². The topological polar surface area (TPSA) is 44.5 Å². The Kier molecular flexibility index (Phi) is 3.15. The quantitative estimate of drug-likeness (QED) is 0.872. The van der Waals surface area contributed by atoms with Crippen LogP contribution < -0.4 is 15.2 Å². The van der Waals surface area contributed by atoms with Gasteiger partial charge in [0, 0.05) is 6.04 Å². The zero-order valence-electron chi connectivity index (χ0n) is 8.96. The third kappa shape index (κ3) is 3.03. The molecule has 2 N–H and O–H groups in total. The SMILES string of the molecule is N[C@H](CC(F)(F)F)c1ccc2c(c1)OCCO2. The first kappa shape index (κ1) is 12.0. The number of hydrogen-bond donors (Lipinski definition) is 1. The van der Waals surface area contributed by atoms with Gasteiger partial charge in [0.15, 0.2) is 11.5 Å². The molecule has 1 aliphatic heterocycles. The van der Waals surface area contributed by atoms with Gasteiger partial charge in [0.25, 0.3) is 0 Å². The summed E-state index contributed by atoms with van der Waals surface area (Å²) >= 11 is 0. The molecule has 0 bridgehead atoms. The van der Waals surface area contributed by atoms with E-state index in [1.807, 2.05) is 0 Å². The van der Waals surface area contributed by atoms with Crippen molar-refractivity contribution in [2.24, 2.45) is 5.73 Å². The predicted octanol–water partition coefficient (Wildman–Crippen LogP) is 2.41. The van der Waals surface area contributed by atoms with Crippen LogP contribution in [0.2, 0.25) is 0 Å². The fourth-order valence-electron chi connectivity index (χ4n) is 1.66. The highest BCUT2D eigenvalue weighted by atomic mass is 19.4. The van der Waals surface area contributed by atoms with Crippen molar-refractivity contribution >= 4 is 0 Å². The molecule has 0 unspecified atom stereocenters. The molecule has 1 aromatic carbocycles. The second-order valence-electron chi connectivity index (χ2n) is 3.83. The van der Waals surface area contributed by atoms with E-state index in [4.69, 9.17) is 15.2 Å². The second kappa shape index (κ2) is 4.44. The summed E-state index contributed by atoms with van der Waals surface area (Å²) < 4.78 is 47.1. The molecule has 0 aliphatic carbocycles. The number of alkyl halides is 3. The van der Waals surface area contributed by atoms with E-state index in [-0.39, 0.29) is 0 Å². The predicted molar refractivity (Wildman–Crippen MR) is 55.0 cm³/mol. The minimum absolute atomic E-state index is 0.394. The molecule has 0 spiro atoms. The van der Waals surface area contributed by atoms with Crippen molar-refractivity contribution in [2.45, 2.75) is 18.6 Å². The van der Waals surface area contributed by atoms with Gasteiger partial charge in [-0.2, -0.15) is 13.2 Å². The minimum Gasteiger partial charge on any atom is -0.486 e. The summed E-state index contributed by atoms with van der Waals surface area (Å²) in [7, 11) is 0. The highest BCUT2D eigenvalue weighted by Gasteiger charge is 2.31. The van der Waals surface area contributed by atoms with Crippen molar-refractivity contribution < 1.29 is 22.6 Å². The fourth-order valence-corrected chi connectivity index (χ4v) is 1.66. The van der Waals surface area contributed by atoms with Gasteiger partial charge >= 0.3 is 6.18 Å². The average Bonchev–Trinajstić information content (AvgIpc) is 2.26. The van der Waals surface area contributed by atoms with Crippen LogP contribution in [0.1, 0.15) is 18.0 Å². The number of benzene rings is 1. The van der Waals surface area contributed by atoms with E-state index >= 15 is 0 Å². The van der Waals surface area contributed by atoms with Gasteiger partial charge in [-0.3, -0.25) is 0 Å². The summed E-state index contributed by atoms with van der Waals surface area (Å²) in [5, 5.41) is 0. The van der Waals surface area contributed by atoms with Gasteiger partial charge < -0.3 is 15.2 Å². The Morgan fingerprint density at radius 1 is 1.18 bits per heavy atom. The smallest absolute Gasteiger partial charge is 0.390 e. The molecule has 94 valence electrons. The van der Waals surface area contributed by atoms with Gasteiger partial charge in [0.1, 0.15) is 13.2 Å². The number of rotatable bonds is 2.